The Morgan fingerprint density at radius 2 is 1.85 bits per heavy atom. The standard InChI is InChI=1S/C19H27N3O5/c1-14(23)21-8-9-22(16(12-21)10-19(25)27-3)13-18(24)20-11-15-4-6-17(26-2)7-5-15/h4-7,16H,8-13H2,1-3H3,(H,20,24). The van der Waals surface area contributed by atoms with Gasteiger partial charge in [0.1, 0.15) is 5.75 Å². The molecule has 1 fully saturated rings. The zero-order valence-corrected chi connectivity index (χ0v) is 16.1. The summed E-state index contributed by atoms with van der Waals surface area (Å²) in [5.74, 6) is 0.249. The molecule has 2 rings (SSSR count). The summed E-state index contributed by atoms with van der Waals surface area (Å²) >= 11 is 0. The second-order valence-corrected chi connectivity index (χ2v) is 6.49. The number of carbonyl (C=O) groups is 3. The molecule has 148 valence electrons. The van der Waals surface area contributed by atoms with Crippen LogP contribution in [0.25, 0.3) is 0 Å². The van der Waals surface area contributed by atoms with Crippen molar-refractivity contribution in [3.63, 3.8) is 0 Å². The highest BCUT2D eigenvalue weighted by molar-refractivity contribution is 5.78. The van der Waals surface area contributed by atoms with Crippen molar-refractivity contribution in [2.75, 3.05) is 40.4 Å². The van der Waals surface area contributed by atoms with Crippen molar-refractivity contribution >= 4 is 17.8 Å². The summed E-state index contributed by atoms with van der Waals surface area (Å²) in [5.41, 5.74) is 0.969. The maximum atomic E-state index is 12.3. The largest absolute Gasteiger partial charge is 0.497 e. The number of nitrogens with zero attached hydrogens (tertiary/aromatic N) is 2. The maximum Gasteiger partial charge on any atom is 0.307 e. The summed E-state index contributed by atoms with van der Waals surface area (Å²) in [6.45, 7) is 3.58. The van der Waals surface area contributed by atoms with E-state index in [1.807, 2.05) is 29.2 Å². The Morgan fingerprint density at radius 3 is 2.44 bits per heavy atom. The van der Waals surface area contributed by atoms with Crippen LogP contribution in [0.2, 0.25) is 0 Å². The number of hydrogen-bond donors (Lipinski definition) is 1. The molecule has 0 radical (unpaired) electrons. The van der Waals surface area contributed by atoms with Crippen molar-refractivity contribution in [2.24, 2.45) is 0 Å². The van der Waals surface area contributed by atoms with Gasteiger partial charge in [0.15, 0.2) is 0 Å². The van der Waals surface area contributed by atoms with Crippen molar-refractivity contribution in [1.29, 1.82) is 0 Å². The molecule has 1 saturated heterocycles. The number of carbonyl (C=O) groups excluding carboxylic acids is 3. The molecule has 1 aromatic rings. The Bertz CT molecular complexity index is 662. The van der Waals surface area contributed by atoms with Crippen LogP contribution in [0.1, 0.15) is 18.9 Å². The first-order valence-corrected chi connectivity index (χ1v) is 8.89. The van der Waals surface area contributed by atoms with Gasteiger partial charge in [0.25, 0.3) is 0 Å². The molecule has 1 aliphatic heterocycles. The summed E-state index contributed by atoms with van der Waals surface area (Å²) in [4.78, 5) is 39.3. The predicted octanol–water partition coefficient (Wildman–Crippen LogP) is 0.407. The Kier molecular flexibility index (Phi) is 7.60. The van der Waals surface area contributed by atoms with Gasteiger partial charge in [0.2, 0.25) is 11.8 Å². The van der Waals surface area contributed by atoms with E-state index >= 15 is 0 Å². The minimum Gasteiger partial charge on any atom is -0.497 e. The van der Waals surface area contributed by atoms with Crippen LogP contribution in [0.5, 0.6) is 5.75 Å². The van der Waals surface area contributed by atoms with Crippen LogP contribution in [0.3, 0.4) is 0 Å². The first-order valence-electron chi connectivity index (χ1n) is 8.89. The number of nitrogens with one attached hydrogen (secondary N) is 1. The lowest BCUT2D eigenvalue weighted by atomic mass is 10.1. The van der Waals surface area contributed by atoms with E-state index in [-0.39, 0.29) is 36.8 Å². The van der Waals surface area contributed by atoms with Crippen molar-refractivity contribution in [3.8, 4) is 5.75 Å². The Labute approximate surface area is 159 Å². The first kappa shape index (κ1) is 20.7. The molecule has 1 atom stereocenters. The number of amides is 2. The van der Waals surface area contributed by atoms with Gasteiger partial charge in [-0.3, -0.25) is 19.3 Å². The predicted molar refractivity (Wildman–Crippen MR) is 99.1 cm³/mol. The van der Waals surface area contributed by atoms with Gasteiger partial charge in [-0.15, -0.1) is 0 Å². The molecule has 0 aromatic heterocycles. The van der Waals surface area contributed by atoms with Gasteiger partial charge in [-0.2, -0.15) is 0 Å². The number of ether oxygens (including phenoxy) is 2. The summed E-state index contributed by atoms with van der Waals surface area (Å²) in [6, 6.07) is 7.24. The molecule has 27 heavy (non-hydrogen) atoms. The number of esters is 1. The van der Waals surface area contributed by atoms with Gasteiger partial charge in [0.05, 0.1) is 27.2 Å². The quantitative estimate of drug-likeness (QED) is 0.693. The molecule has 0 aliphatic carbocycles. The van der Waals surface area contributed by atoms with Crippen molar-refractivity contribution in [2.45, 2.75) is 25.9 Å². The van der Waals surface area contributed by atoms with Gasteiger partial charge in [-0.05, 0) is 17.7 Å². The molecule has 0 spiro atoms. The third-order valence-electron chi connectivity index (χ3n) is 4.68. The Morgan fingerprint density at radius 1 is 1.15 bits per heavy atom. The molecule has 0 saturated carbocycles. The molecule has 2 amide bonds. The second kappa shape index (κ2) is 9.91. The van der Waals surface area contributed by atoms with Gasteiger partial charge < -0.3 is 19.7 Å². The number of piperazine rings is 1. The molecule has 1 N–H and O–H groups in total. The van der Waals surface area contributed by atoms with Crippen LogP contribution in [0, 0.1) is 0 Å². The molecule has 1 heterocycles. The zero-order chi connectivity index (χ0) is 19.8. The van der Waals surface area contributed by atoms with Gasteiger partial charge in [-0.1, -0.05) is 12.1 Å². The van der Waals surface area contributed by atoms with Crippen LogP contribution in [0.4, 0.5) is 0 Å². The fourth-order valence-electron chi connectivity index (χ4n) is 3.04. The van der Waals surface area contributed by atoms with Crippen molar-refractivity contribution in [3.05, 3.63) is 29.8 Å². The van der Waals surface area contributed by atoms with Gasteiger partial charge in [-0.25, -0.2) is 0 Å². The van der Waals surface area contributed by atoms with E-state index in [1.54, 1.807) is 12.0 Å². The Balaban J connectivity index is 1.90. The van der Waals surface area contributed by atoms with E-state index in [9.17, 15) is 14.4 Å². The van der Waals surface area contributed by atoms with Gasteiger partial charge >= 0.3 is 5.97 Å². The fourth-order valence-corrected chi connectivity index (χ4v) is 3.04. The molecule has 1 aromatic carbocycles. The number of benzene rings is 1. The maximum absolute atomic E-state index is 12.3. The minimum absolute atomic E-state index is 0.0338. The molecule has 0 bridgehead atoms. The highest BCUT2D eigenvalue weighted by atomic mass is 16.5. The summed E-state index contributed by atoms with van der Waals surface area (Å²) in [6.07, 6.45) is 0.145. The summed E-state index contributed by atoms with van der Waals surface area (Å²) in [7, 11) is 2.94. The number of methoxy groups -OCH3 is 2. The van der Waals surface area contributed by atoms with Crippen LogP contribution >= 0.6 is 0 Å². The van der Waals surface area contributed by atoms with Crippen LogP contribution in [0.15, 0.2) is 24.3 Å². The molecule has 8 nitrogen and oxygen atoms in total. The fraction of sp³-hybridized carbons (Fsp3) is 0.526. The average molecular weight is 377 g/mol. The van der Waals surface area contributed by atoms with Crippen LogP contribution < -0.4 is 10.1 Å². The second-order valence-electron chi connectivity index (χ2n) is 6.49. The van der Waals surface area contributed by atoms with E-state index in [2.05, 4.69) is 5.32 Å². The highest BCUT2D eigenvalue weighted by Crippen LogP contribution is 2.14. The third-order valence-corrected chi connectivity index (χ3v) is 4.68. The number of rotatable bonds is 7. The topological polar surface area (TPSA) is 88.2 Å². The van der Waals surface area contributed by atoms with E-state index in [0.717, 1.165) is 11.3 Å². The molecule has 1 unspecified atom stereocenters. The SMILES string of the molecule is COC(=O)CC1CN(C(C)=O)CCN1CC(=O)NCc1ccc(OC)cc1. The first-order chi connectivity index (χ1) is 12.9. The molecular weight excluding hydrogens is 350 g/mol. The van der Waals surface area contributed by atoms with Crippen LogP contribution in [-0.2, 0) is 25.7 Å². The van der Waals surface area contributed by atoms with E-state index in [1.165, 1.54) is 14.0 Å². The van der Waals surface area contributed by atoms with E-state index < -0.39 is 0 Å². The third kappa shape index (κ3) is 6.25. The lowest BCUT2D eigenvalue weighted by molar-refractivity contribution is -0.145. The molecular formula is C19H27N3O5. The average Bonchev–Trinajstić information content (AvgIpc) is 2.67. The summed E-state index contributed by atoms with van der Waals surface area (Å²) < 4.78 is 9.86. The minimum atomic E-state index is -0.353. The zero-order valence-electron chi connectivity index (χ0n) is 16.1. The van der Waals surface area contributed by atoms with E-state index in [0.29, 0.717) is 26.2 Å². The highest BCUT2D eigenvalue weighted by Gasteiger charge is 2.31. The van der Waals surface area contributed by atoms with Crippen LogP contribution in [-0.4, -0.2) is 74.0 Å². The molecule has 8 heteroatoms. The van der Waals surface area contributed by atoms with E-state index in [4.69, 9.17) is 9.47 Å². The van der Waals surface area contributed by atoms with Gasteiger partial charge in [0, 0.05) is 39.1 Å². The normalized spacial score (nSPS) is 17.3. The number of hydrogen-bond acceptors (Lipinski definition) is 6. The lowest BCUT2D eigenvalue weighted by Crippen LogP contribution is -2.56. The summed E-state index contributed by atoms with van der Waals surface area (Å²) in [5, 5.41) is 2.89. The Hall–Kier alpha value is -2.61. The van der Waals surface area contributed by atoms with Crippen molar-refractivity contribution in [1.82, 2.24) is 15.1 Å². The smallest absolute Gasteiger partial charge is 0.307 e. The molecule has 1 aliphatic rings. The monoisotopic (exact) mass is 377 g/mol. The van der Waals surface area contributed by atoms with Crippen molar-refractivity contribution < 1.29 is 23.9 Å². The lowest BCUT2D eigenvalue weighted by Gasteiger charge is -2.40.